The highest BCUT2D eigenvalue weighted by Gasteiger charge is 2.25. The Balaban J connectivity index is 4.41. The van der Waals surface area contributed by atoms with Gasteiger partial charge in [0.1, 0.15) is 12.6 Å². The third kappa shape index (κ3) is 31.5. The number of carbonyl (C=O) groups excluding carboxylic acids is 3. The minimum Gasteiger partial charge on any atom is -0.544 e. The van der Waals surface area contributed by atoms with Crippen LogP contribution in [0, 0.1) is 0 Å². The van der Waals surface area contributed by atoms with Gasteiger partial charge < -0.3 is 28.6 Å². The second-order valence-corrected chi connectivity index (χ2v) is 14.5. The van der Waals surface area contributed by atoms with Crippen LogP contribution < -0.4 is 5.11 Å². The number of likely N-dealkylation sites (N-methyl/N-ethyl adjacent to an activating group) is 1. The molecule has 0 aliphatic carbocycles. The molecule has 0 amide bonds. The smallest absolute Gasteiger partial charge is 0.306 e. The van der Waals surface area contributed by atoms with Crippen molar-refractivity contribution in [3.63, 3.8) is 0 Å². The monoisotopic (exact) mass is 706 g/mol. The minimum atomic E-state index is -1.13. The fourth-order valence-electron chi connectivity index (χ4n) is 5.63. The summed E-state index contributed by atoms with van der Waals surface area (Å²) in [6.07, 6.45) is 35.9. The maximum Gasteiger partial charge on any atom is 0.306 e. The van der Waals surface area contributed by atoms with E-state index in [1.54, 1.807) is 21.1 Å². The van der Waals surface area contributed by atoms with Crippen LogP contribution in [0.4, 0.5) is 0 Å². The van der Waals surface area contributed by atoms with Crippen molar-refractivity contribution < 1.29 is 38.2 Å². The maximum atomic E-state index is 12.6. The van der Waals surface area contributed by atoms with E-state index in [4.69, 9.17) is 14.2 Å². The van der Waals surface area contributed by atoms with Crippen LogP contribution in [0.2, 0.25) is 0 Å². The standard InChI is InChI=1S/C42H75NO7/c1-6-8-10-12-14-16-18-20-21-23-24-26-28-30-32-40(44)49-37-38(36-48-35-34-39(42(46)47)43(3,4)5)50-41(45)33-31-29-27-25-22-19-17-15-13-11-9-7-2/h8,10,14-17,38-39H,6-7,9,11-13,18-37H2,1-5H3/b10-8+,16-14+,17-15+. The molecule has 0 fully saturated rings. The highest BCUT2D eigenvalue weighted by molar-refractivity contribution is 5.70. The van der Waals surface area contributed by atoms with Gasteiger partial charge in [-0.15, -0.1) is 0 Å². The van der Waals surface area contributed by atoms with Crippen molar-refractivity contribution in [3.8, 4) is 0 Å². The van der Waals surface area contributed by atoms with Crippen LogP contribution in [0.1, 0.15) is 162 Å². The van der Waals surface area contributed by atoms with Crippen LogP contribution in [0.15, 0.2) is 36.5 Å². The van der Waals surface area contributed by atoms with Crippen LogP contribution in [0.3, 0.4) is 0 Å². The Morgan fingerprint density at radius 1 is 0.620 bits per heavy atom. The van der Waals surface area contributed by atoms with E-state index in [-0.39, 0.29) is 42.7 Å². The molecular weight excluding hydrogens is 630 g/mol. The summed E-state index contributed by atoms with van der Waals surface area (Å²) >= 11 is 0. The average molecular weight is 706 g/mol. The number of esters is 2. The fraction of sp³-hybridized carbons (Fsp3) is 0.786. The number of nitrogens with zero attached hydrogens (tertiary/aromatic N) is 1. The summed E-state index contributed by atoms with van der Waals surface area (Å²) in [6, 6.07) is -0.726. The van der Waals surface area contributed by atoms with Crippen molar-refractivity contribution >= 4 is 17.9 Å². The van der Waals surface area contributed by atoms with Crippen molar-refractivity contribution in [3.05, 3.63) is 36.5 Å². The lowest BCUT2D eigenvalue weighted by molar-refractivity contribution is -0.889. The zero-order valence-corrected chi connectivity index (χ0v) is 32.8. The number of allylic oxidation sites excluding steroid dienone is 6. The molecule has 0 aromatic rings. The van der Waals surface area contributed by atoms with Crippen LogP contribution in [-0.4, -0.2) is 75.5 Å². The largest absolute Gasteiger partial charge is 0.544 e. The second kappa shape index (κ2) is 33.7. The molecule has 0 rings (SSSR count). The van der Waals surface area contributed by atoms with Crippen LogP contribution in [0.5, 0.6) is 0 Å². The van der Waals surface area contributed by atoms with Crippen molar-refractivity contribution in [1.82, 2.24) is 0 Å². The van der Waals surface area contributed by atoms with Gasteiger partial charge in [0.25, 0.3) is 0 Å². The zero-order valence-electron chi connectivity index (χ0n) is 32.8. The summed E-state index contributed by atoms with van der Waals surface area (Å²) in [5, 5.41) is 11.6. The van der Waals surface area contributed by atoms with E-state index in [1.807, 2.05) is 0 Å². The predicted octanol–water partition coefficient (Wildman–Crippen LogP) is 8.96. The number of unbranched alkanes of at least 4 members (excludes halogenated alkanes) is 15. The molecule has 0 saturated heterocycles. The van der Waals surface area contributed by atoms with Gasteiger partial charge in [0.15, 0.2) is 6.10 Å². The van der Waals surface area contributed by atoms with Crippen molar-refractivity contribution in [2.75, 3.05) is 41.0 Å². The first-order valence-electron chi connectivity index (χ1n) is 20.0. The Morgan fingerprint density at radius 3 is 1.66 bits per heavy atom. The Labute approximate surface area is 306 Å². The normalized spacial score (nSPS) is 13.4. The van der Waals surface area contributed by atoms with Gasteiger partial charge >= 0.3 is 11.9 Å². The summed E-state index contributed by atoms with van der Waals surface area (Å²) in [5.74, 6) is -1.76. The third-order valence-electron chi connectivity index (χ3n) is 8.76. The number of aliphatic carboxylic acids is 1. The Kier molecular flexibility index (Phi) is 32.0. The van der Waals surface area contributed by atoms with Gasteiger partial charge in [-0.3, -0.25) is 9.59 Å². The van der Waals surface area contributed by atoms with E-state index in [0.717, 1.165) is 70.6 Å². The molecule has 0 N–H and O–H groups in total. The Bertz CT molecular complexity index is 922. The van der Waals surface area contributed by atoms with E-state index >= 15 is 0 Å². The molecule has 0 aliphatic heterocycles. The molecule has 50 heavy (non-hydrogen) atoms. The van der Waals surface area contributed by atoms with Gasteiger partial charge in [0, 0.05) is 19.3 Å². The summed E-state index contributed by atoms with van der Waals surface area (Å²) in [7, 11) is 5.39. The predicted molar refractivity (Wildman–Crippen MR) is 203 cm³/mol. The van der Waals surface area contributed by atoms with Crippen LogP contribution in [0.25, 0.3) is 0 Å². The first-order chi connectivity index (χ1) is 24.1. The number of hydrogen-bond acceptors (Lipinski definition) is 7. The molecule has 8 nitrogen and oxygen atoms in total. The lowest BCUT2D eigenvalue weighted by atomic mass is 10.1. The number of rotatable bonds is 35. The van der Waals surface area contributed by atoms with Gasteiger partial charge in [0.05, 0.1) is 40.3 Å². The van der Waals surface area contributed by atoms with E-state index in [0.29, 0.717) is 12.8 Å². The fourth-order valence-corrected chi connectivity index (χ4v) is 5.63. The van der Waals surface area contributed by atoms with Gasteiger partial charge in [-0.1, -0.05) is 115 Å². The Morgan fingerprint density at radius 2 is 1.12 bits per heavy atom. The molecule has 8 heteroatoms. The summed E-state index contributed by atoms with van der Waals surface area (Å²) in [4.78, 5) is 36.7. The summed E-state index contributed by atoms with van der Waals surface area (Å²) in [5.41, 5.74) is 0. The number of hydrogen-bond donors (Lipinski definition) is 0. The molecule has 290 valence electrons. The van der Waals surface area contributed by atoms with Gasteiger partial charge in [0.2, 0.25) is 0 Å². The van der Waals surface area contributed by atoms with E-state index in [1.165, 1.54) is 57.8 Å². The molecule has 0 saturated carbocycles. The molecule has 0 aromatic heterocycles. The number of quaternary nitrogens is 1. The lowest BCUT2D eigenvalue weighted by Gasteiger charge is -2.34. The molecule has 2 atom stereocenters. The number of carbonyl (C=O) groups is 3. The van der Waals surface area contributed by atoms with Crippen molar-refractivity contribution in [2.45, 2.75) is 174 Å². The summed E-state index contributed by atoms with van der Waals surface area (Å²) < 4.78 is 17.1. The first kappa shape index (κ1) is 47.5. The molecule has 0 bridgehead atoms. The minimum absolute atomic E-state index is 0.0353. The van der Waals surface area contributed by atoms with E-state index < -0.39 is 18.1 Å². The quantitative estimate of drug-likeness (QED) is 0.0281. The van der Waals surface area contributed by atoms with Gasteiger partial charge in [-0.25, -0.2) is 0 Å². The summed E-state index contributed by atoms with van der Waals surface area (Å²) in [6.45, 7) is 4.50. The molecule has 2 unspecified atom stereocenters. The maximum absolute atomic E-state index is 12.6. The molecule has 0 heterocycles. The van der Waals surface area contributed by atoms with Crippen LogP contribution >= 0.6 is 0 Å². The molecular formula is C42H75NO7. The number of carboxylic acids is 1. The topological polar surface area (TPSA) is 102 Å². The third-order valence-corrected chi connectivity index (χ3v) is 8.76. The average Bonchev–Trinajstić information content (AvgIpc) is 3.06. The van der Waals surface area contributed by atoms with Crippen LogP contribution in [-0.2, 0) is 28.6 Å². The highest BCUT2D eigenvalue weighted by atomic mass is 16.6. The zero-order chi connectivity index (χ0) is 37.1. The van der Waals surface area contributed by atoms with Crippen molar-refractivity contribution in [2.24, 2.45) is 0 Å². The van der Waals surface area contributed by atoms with E-state index in [9.17, 15) is 19.5 Å². The molecule has 0 spiro atoms. The molecule has 0 aliphatic rings. The second-order valence-electron chi connectivity index (χ2n) is 14.5. The lowest BCUT2D eigenvalue weighted by Crippen LogP contribution is -2.55. The number of ether oxygens (including phenoxy) is 3. The van der Waals surface area contributed by atoms with E-state index in [2.05, 4.69) is 50.3 Å². The Hall–Kier alpha value is -2.45. The molecule has 0 radical (unpaired) electrons. The molecule has 0 aromatic carbocycles. The first-order valence-corrected chi connectivity index (χ1v) is 20.0. The SMILES string of the molecule is CC/C=C/C/C=C/CCCCCCCCCC(=O)OCC(COCCC(C(=O)[O-])[N+](C)(C)C)OC(=O)CCCCCCC/C=C/CCCCC. The number of carboxylic acid groups (broad SMARTS) is 1. The van der Waals surface area contributed by atoms with Crippen molar-refractivity contribution in [1.29, 1.82) is 0 Å². The van der Waals surface area contributed by atoms with Gasteiger partial charge in [-0.2, -0.15) is 0 Å². The highest BCUT2D eigenvalue weighted by Crippen LogP contribution is 2.13. The van der Waals surface area contributed by atoms with Gasteiger partial charge in [-0.05, 0) is 64.2 Å².